The normalized spacial score (nSPS) is 15.6. The number of hydrogen-bond donors (Lipinski definition) is 1. The molecule has 2 aromatic carbocycles. The third-order valence-electron chi connectivity index (χ3n) is 4.81. The number of alkyl halides is 5. The van der Waals surface area contributed by atoms with Crippen molar-refractivity contribution < 1.29 is 40.6 Å². The highest BCUT2D eigenvalue weighted by Crippen LogP contribution is 2.29. The molecule has 0 fully saturated rings. The summed E-state index contributed by atoms with van der Waals surface area (Å²) in [4.78, 5) is 20.9. The molecule has 2 heterocycles. The molecule has 1 atom stereocenters. The standard InChI is InChI=1S/C22H15F6N5O3/c23-13-3-1-12(2-4-13)18-17(19-29-9-16(10-30-19)35-20(24)25)11-33(32-18)21(34)31-14-5-7-15(8-6-14)36-22(26,27)28/h1-10,17,20H,11H2,(H,31,34). The van der Waals surface area contributed by atoms with Crippen LogP contribution in [0.4, 0.5) is 36.8 Å². The Morgan fingerprint density at radius 3 is 2.22 bits per heavy atom. The molecule has 0 spiro atoms. The van der Waals surface area contributed by atoms with Crippen LogP contribution < -0.4 is 14.8 Å². The van der Waals surface area contributed by atoms with Gasteiger partial charge in [0.05, 0.1) is 30.6 Å². The third kappa shape index (κ3) is 6.20. The van der Waals surface area contributed by atoms with Crippen LogP contribution in [-0.4, -0.2) is 46.2 Å². The average Bonchev–Trinajstić information content (AvgIpc) is 3.26. The highest BCUT2D eigenvalue weighted by molar-refractivity contribution is 6.07. The van der Waals surface area contributed by atoms with Gasteiger partial charge < -0.3 is 14.8 Å². The van der Waals surface area contributed by atoms with Gasteiger partial charge in [0.2, 0.25) is 0 Å². The quantitative estimate of drug-likeness (QED) is 0.463. The number of aromatic nitrogens is 2. The van der Waals surface area contributed by atoms with E-state index in [1.54, 1.807) is 0 Å². The minimum Gasteiger partial charge on any atom is -0.432 e. The molecule has 1 aromatic heterocycles. The zero-order valence-corrected chi connectivity index (χ0v) is 17.9. The molecule has 14 heteroatoms. The van der Waals surface area contributed by atoms with E-state index in [9.17, 15) is 31.1 Å². The van der Waals surface area contributed by atoms with Gasteiger partial charge in [0.1, 0.15) is 17.4 Å². The summed E-state index contributed by atoms with van der Waals surface area (Å²) in [6.07, 6.45) is -2.76. The first kappa shape index (κ1) is 24.8. The lowest BCUT2D eigenvalue weighted by molar-refractivity contribution is -0.274. The van der Waals surface area contributed by atoms with E-state index in [1.165, 1.54) is 36.4 Å². The van der Waals surface area contributed by atoms with Gasteiger partial charge in [0.25, 0.3) is 0 Å². The van der Waals surface area contributed by atoms with Crippen molar-refractivity contribution in [3.05, 3.63) is 78.1 Å². The van der Waals surface area contributed by atoms with Crippen LogP contribution in [-0.2, 0) is 0 Å². The Bertz CT molecular complexity index is 1240. The first-order valence-corrected chi connectivity index (χ1v) is 10.1. The van der Waals surface area contributed by atoms with Crippen LogP contribution in [0.5, 0.6) is 11.5 Å². The van der Waals surface area contributed by atoms with Crippen molar-refractivity contribution in [2.24, 2.45) is 5.10 Å². The average molecular weight is 511 g/mol. The molecule has 4 rings (SSSR count). The van der Waals surface area contributed by atoms with Crippen LogP contribution in [0.15, 0.2) is 66.0 Å². The third-order valence-corrected chi connectivity index (χ3v) is 4.81. The van der Waals surface area contributed by atoms with Gasteiger partial charge in [-0.25, -0.2) is 24.2 Å². The Labute approximate surface area is 199 Å². The number of nitrogens with one attached hydrogen (secondary N) is 1. The molecule has 8 nitrogen and oxygen atoms in total. The second kappa shape index (κ2) is 10.1. The summed E-state index contributed by atoms with van der Waals surface area (Å²) in [5.74, 6) is -1.78. The summed E-state index contributed by atoms with van der Waals surface area (Å²) in [7, 11) is 0. The second-order valence-corrected chi connectivity index (χ2v) is 7.28. The summed E-state index contributed by atoms with van der Waals surface area (Å²) in [6, 6.07) is 9.03. The predicted molar refractivity (Wildman–Crippen MR) is 113 cm³/mol. The van der Waals surface area contributed by atoms with E-state index in [1.807, 2.05) is 0 Å². The molecule has 0 saturated carbocycles. The highest BCUT2D eigenvalue weighted by Gasteiger charge is 2.34. The van der Waals surface area contributed by atoms with Crippen molar-refractivity contribution in [2.45, 2.75) is 18.9 Å². The lowest BCUT2D eigenvalue weighted by Crippen LogP contribution is -2.30. The number of anilines is 1. The minimum absolute atomic E-state index is 0.0666. The zero-order valence-electron chi connectivity index (χ0n) is 17.9. The molecule has 36 heavy (non-hydrogen) atoms. The number of carbonyl (C=O) groups excluding carboxylic acids is 1. The van der Waals surface area contributed by atoms with Gasteiger partial charge in [-0.3, -0.25) is 0 Å². The van der Waals surface area contributed by atoms with E-state index in [2.05, 4.69) is 29.9 Å². The van der Waals surface area contributed by atoms with Crippen molar-refractivity contribution in [3.63, 3.8) is 0 Å². The fraction of sp³-hybridized carbons (Fsp3) is 0.182. The van der Waals surface area contributed by atoms with E-state index in [0.29, 0.717) is 11.3 Å². The highest BCUT2D eigenvalue weighted by atomic mass is 19.4. The maximum absolute atomic E-state index is 13.4. The van der Waals surface area contributed by atoms with Gasteiger partial charge in [0, 0.05) is 5.69 Å². The first-order chi connectivity index (χ1) is 17.1. The largest absolute Gasteiger partial charge is 0.573 e. The lowest BCUT2D eigenvalue weighted by Gasteiger charge is -2.15. The molecule has 2 amide bonds. The molecular formula is C22H15F6N5O3. The number of ether oxygens (including phenoxy) is 2. The summed E-state index contributed by atoms with van der Waals surface area (Å²) < 4.78 is 83.3. The van der Waals surface area contributed by atoms with E-state index in [0.717, 1.165) is 29.5 Å². The molecule has 188 valence electrons. The molecule has 0 aliphatic carbocycles. The smallest absolute Gasteiger partial charge is 0.432 e. The number of hydrazone groups is 1. The Hall–Kier alpha value is -4.36. The minimum atomic E-state index is -4.85. The SMILES string of the molecule is O=C(Nc1ccc(OC(F)(F)F)cc1)N1CC(c2ncc(OC(F)F)cn2)C(c2ccc(F)cc2)=N1. The molecule has 1 unspecified atom stereocenters. The summed E-state index contributed by atoms with van der Waals surface area (Å²) in [6.45, 7) is -3.13. The molecule has 0 bridgehead atoms. The van der Waals surface area contributed by atoms with Crippen LogP contribution in [0.2, 0.25) is 0 Å². The number of nitrogens with zero attached hydrogens (tertiary/aromatic N) is 4. The maximum atomic E-state index is 13.4. The topological polar surface area (TPSA) is 88.9 Å². The number of urea groups is 1. The van der Waals surface area contributed by atoms with Crippen LogP contribution in [0, 0.1) is 5.82 Å². The van der Waals surface area contributed by atoms with Crippen molar-refractivity contribution >= 4 is 17.4 Å². The van der Waals surface area contributed by atoms with Crippen molar-refractivity contribution in [3.8, 4) is 11.5 Å². The molecule has 3 aromatic rings. The summed E-state index contributed by atoms with van der Waals surface area (Å²) in [5.41, 5.74) is 0.935. The van der Waals surface area contributed by atoms with Crippen molar-refractivity contribution in [2.75, 3.05) is 11.9 Å². The second-order valence-electron chi connectivity index (χ2n) is 7.28. The van der Waals surface area contributed by atoms with Gasteiger partial charge in [-0.05, 0) is 42.0 Å². The number of halogens is 6. The lowest BCUT2D eigenvalue weighted by atomic mass is 9.96. The molecule has 1 aliphatic heterocycles. The molecule has 0 radical (unpaired) electrons. The Morgan fingerprint density at radius 2 is 1.64 bits per heavy atom. The predicted octanol–water partition coefficient (Wildman–Crippen LogP) is 5.15. The maximum Gasteiger partial charge on any atom is 0.573 e. The van der Waals surface area contributed by atoms with Crippen LogP contribution in [0.3, 0.4) is 0 Å². The Morgan fingerprint density at radius 1 is 1.00 bits per heavy atom. The molecule has 1 N–H and O–H groups in total. The van der Waals surface area contributed by atoms with E-state index in [-0.39, 0.29) is 23.8 Å². The summed E-state index contributed by atoms with van der Waals surface area (Å²) >= 11 is 0. The number of hydrogen-bond acceptors (Lipinski definition) is 6. The van der Waals surface area contributed by atoms with Gasteiger partial charge in [-0.15, -0.1) is 13.2 Å². The van der Waals surface area contributed by atoms with Gasteiger partial charge in [-0.1, -0.05) is 12.1 Å². The fourth-order valence-electron chi connectivity index (χ4n) is 3.31. The van der Waals surface area contributed by atoms with Crippen molar-refractivity contribution in [1.29, 1.82) is 0 Å². The monoisotopic (exact) mass is 511 g/mol. The molecule has 0 saturated heterocycles. The number of benzene rings is 2. The molecular weight excluding hydrogens is 496 g/mol. The number of rotatable bonds is 6. The zero-order chi connectivity index (χ0) is 25.9. The van der Waals surface area contributed by atoms with Crippen LogP contribution in [0.25, 0.3) is 0 Å². The first-order valence-electron chi connectivity index (χ1n) is 10.1. The molecule has 1 aliphatic rings. The number of carbonyl (C=O) groups is 1. The fourth-order valence-corrected chi connectivity index (χ4v) is 3.31. The van der Waals surface area contributed by atoms with Crippen LogP contribution >= 0.6 is 0 Å². The Balaban J connectivity index is 1.54. The van der Waals surface area contributed by atoms with Crippen molar-refractivity contribution in [1.82, 2.24) is 15.0 Å². The van der Waals surface area contributed by atoms with Gasteiger partial charge >= 0.3 is 19.0 Å². The van der Waals surface area contributed by atoms with Gasteiger partial charge in [-0.2, -0.15) is 13.9 Å². The van der Waals surface area contributed by atoms with E-state index in [4.69, 9.17) is 0 Å². The van der Waals surface area contributed by atoms with Gasteiger partial charge in [0.15, 0.2) is 5.75 Å². The summed E-state index contributed by atoms with van der Waals surface area (Å²) in [5, 5.41) is 7.82. The number of amides is 2. The Kier molecular flexibility index (Phi) is 6.94. The van der Waals surface area contributed by atoms with E-state index >= 15 is 0 Å². The van der Waals surface area contributed by atoms with Crippen LogP contribution in [0.1, 0.15) is 17.3 Å². The van der Waals surface area contributed by atoms with E-state index < -0.39 is 36.5 Å².